The molecule has 38 heavy (non-hydrogen) atoms. The normalized spacial score (nSPS) is 12.9. The maximum Gasteiger partial charge on any atom is 0.397 e. The zero-order chi connectivity index (χ0) is 28.3. The zero-order valence-corrected chi connectivity index (χ0v) is 21.8. The van der Waals surface area contributed by atoms with Crippen LogP contribution in [0.4, 0.5) is 17.1 Å². The Labute approximate surface area is 219 Å². The van der Waals surface area contributed by atoms with Crippen LogP contribution >= 0.6 is 12.0 Å². The van der Waals surface area contributed by atoms with Gasteiger partial charge in [-0.05, 0) is 41.8 Å². The lowest BCUT2D eigenvalue weighted by molar-refractivity contribution is -0.432. The summed E-state index contributed by atoms with van der Waals surface area (Å²) in [5.41, 5.74) is 5.93. The van der Waals surface area contributed by atoms with Crippen molar-refractivity contribution in [2.45, 2.75) is 14.7 Å². The van der Waals surface area contributed by atoms with E-state index in [0.717, 1.165) is 24.3 Å². The second-order valence-electron chi connectivity index (χ2n) is 7.14. The molecule has 0 heterocycles. The molecule has 3 aromatic carbocycles. The fourth-order valence-electron chi connectivity index (χ4n) is 3.05. The van der Waals surface area contributed by atoms with Crippen molar-refractivity contribution in [1.29, 1.82) is 0 Å². The maximum atomic E-state index is 12.3. The molecule has 0 aliphatic carbocycles. The van der Waals surface area contributed by atoms with Gasteiger partial charge in [0, 0.05) is 11.5 Å². The monoisotopic (exact) mass is 611 g/mol. The third kappa shape index (κ3) is 7.35. The molecule has 0 fully saturated rings. The lowest BCUT2D eigenvalue weighted by atomic mass is 10.1. The Kier molecular flexibility index (Phi) is 8.93. The molecule has 0 atom stereocenters. The fraction of sp³-hybridized carbons (Fsp3) is 0.111. The molecule has 3 aromatic rings. The Balaban J connectivity index is 1.97. The van der Waals surface area contributed by atoms with E-state index in [1.807, 2.05) is 0 Å². The lowest BCUT2D eigenvalue weighted by Crippen LogP contribution is -2.15. The van der Waals surface area contributed by atoms with Gasteiger partial charge in [-0.15, -0.1) is 9.45 Å². The highest BCUT2D eigenvalue weighted by molar-refractivity contribution is 7.94. The van der Waals surface area contributed by atoms with Gasteiger partial charge in [0.25, 0.3) is 10.1 Å². The van der Waals surface area contributed by atoms with Crippen molar-refractivity contribution in [2.75, 3.05) is 18.1 Å². The van der Waals surface area contributed by atoms with Crippen LogP contribution in [-0.4, -0.2) is 57.1 Å². The molecular formula is C18H17N3O13S4. The SMILES string of the molecule is Nc1c(N=Nc2ccc(S(=O)(=O)CCOS(=O)(=O)O)cc2)c(SOOO)cc2cc(S(=O)(=O)O)cc(O)c12. The minimum atomic E-state index is -4.80. The van der Waals surface area contributed by atoms with E-state index >= 15 is 0 Å². The Morgan fingerprint density at radius 1 is 0.921 bits per heavy atom. The van der Waals surface area contributed by atoms with E-state index in [9.17, 15) is 34.9 Å². The number of phenolic OH excluding ortho intramolecular Hbond substituents is 1. The van der Waals surface area contributed by atoms with Crippen molar-refractivity contribution in [2.24, 2.45) is 10.2 Å². The molecule has 0 unspecified atom stereocenters. The van der Waals surface area contributed by atoms with E-state index in [1.165, 1.54) is 18.2 Å². The second-order valence-corrected chi connectivity index (χ2v) is 12.5. The van der Waals surface area contributed by atoms with E-state index < -0.39 is 53.4 Å². The molecule has 206 valence electrons. The highest BCUT2D eigenvalue weighted by atomic mass is 32.3. The van der Waals surface area contributed by atoms with Crippen molar-refractivity contribution in [3.63, 3.8) is 0 Å². The molecule has 0 saturated heterocycles. The summed E-state index contributed by atoms with van der Waals surface area (Å²) in [6.45, 7) is -0.803. The number of aromatic hydroxyl groups is 1. The number of sulfone groups is 1. The molecule has 0 aliphatic heterocycles. The number of phenols is 1. The predicted octanol–water partition coefficient (Wildman–Crippen LogP) is 2.81. The maximum absolute atomic E-state index is 12.3. The van der Waals surface area contributed by atoms with Crippen LogP contribution in [-0.2, 0) is 43.9 Å². The topological polar surface area (TPSA) is 262 Å². The molecule has 0 aliphatic rings. The smallest absolute Gasteiger partial charge is 0.397 e. The van der Waals surface area contributed by atoms with Crippen molar-refractivity contribution >= 4 is 70.2 Å². The highest BCUT2D eigenvalue weighted by Crippen LogP contribution is 2.45. The Morgan fingerprint density at radius 3 is 2.16 bits per heavy atom. The average Bonchev–Trinajstić information content (AvgIpc) is 2.80. The quantitative estimate of drug-likeness (QED) is 0.0521. The number of benzene rings is 3. The van der Waals surface area contributed by atoms with Crippen LogP contribution in [0.1, 0.15) is 0 Å². The van der Waals surface area contributed by atoms with E-state index in [4.69, 9.17) is 15.5 Å². The minimum Gasteiger partial charge on any atom is -0.507 e. The van der Waals surface area contributed by atoms with E-state index in [1.54, 1.807) is 0 Å². The van der Waals surface area contributed by atoms with Gasteiger partial charge in [0.05, 0.1) is 50.5 Å². The first-order valence-electron chi connectivity index (χ1n) is 9.70. The number of fused-ring (bicyclic) bond motifs is 1. The molecule has 16 nitrogen and oxygen atoms in total. The molecule has 0 saturated carbocycles. The third-order valence-corrected chi connectivity index (χ3v) is 8.27. The van der Waals surface area contributed by atoms with Crippen molar-refractivity contribution < 1.29 is 58.3 Å². The summed E-state index contributed by atoms with van der Waals surface area (Å²) in [4.78, 5) is -0.797. The van der Waals surface area contributed by atoms with Gasteiger partial charge in [0.1, 0.15) is 11.4 Å². The van der Waals surface area contributed by atoms with Gasteiger partial charge in [0.2, 0.25) is 0 Å². The van der Waals surface area contributed by atoms with E-state index in [0.29, 0.717) is 12.0 Å². The molecule has 20 heteroatoms. The minimum absolute atomic E-state index is 0.0257. The highest BCUT2D eigenvalue weighted by Gasteiger charge is 2.20. The molecule has 0 spiro atoms. The van der Waals surface area contributed by atoms with Gasteiger partial charge in [0.15, 0.2) is 9.84 Å². The lowest BCUT2D eigenvalue weighted by Gasteiger charge is -2.12. The molecule has 0 aromatic heterocycles. The molecule has 6 N–H and O–H groups in total. The first-order valence-corrected chi connectivity index (χ1v) is 14.9. The number of nitrogens with two attached hydrogens (primary N) is 1. The summed E-state index contributed by atoms with van der Waals surface area (Å²) in [6.07, 6.45) is 0. The van der Waals surface area contributed by atoms with Gasteiger partial charge in [-0.2, -0.15) is 21.9 Å². The Morgan fingerprint density at radius 2 is 1.58 bits per heavy atom. The van der Waals surface area contributed by atoms with Gasteiger partial charge in [-0.25, -0.2) is 17.9 Å². The average molecular weight is 612 g/mol. The predicted molar refractivity (Wildman–Crippen MR) is 131 cm³/mol. The summed E-state index contributed by atoms with van der Waals surface area (Å²) >= 11 is 0.394. The molecule has 0 bridgehead atoms. The zero-order valence-electron chi connectivity index (χ0n) is 18.5. The summed E-state index contributed by atoms with van der Waals surface area (Å²) in [5, 5.41) is 30.3. The standard InChI is InChI=1S/C18H17N3O13S4/c19-17-16-10(7-13(9-14(16)22)37(26,27)28)8-15(35-34-33-23)18(17)21-20-11-1-3-12(4-2-11)36(24,25)6-5-32-38(29,30)31/h1-4,7-9,22-23H,5-6,19H2,(H,26,27,28)(H,29,30,31). The number of hydrogen-bond donors (Lipinski definition) is 5. The van der Waals surface area contributed by atoms with Crippen molar-refractivity contribution in [3.05, 3.63) is 42.5 Å². The first-order chi connectivity index (χ1) is 17.6. The van der Waals surface area contributed by atoms with Crippen molar-refractivity contribution in [3.8, 4) is 5.75 Å². The first kappa shape index (κ1) is 29.6. The molecular weight excluding hydrogens is 594 g/mol. The van der Waals surface area contributed by atoms with Crippen LogP contribution in [0.2, 0.25) is 0 Å². The largest absolute Gasteiger partial charge is 0.507 e. The Hall–Kier alpha value is -2.92. The summed E-state index contributed by atoms with van der Waals surface area (Å²) in [7, 11) is -13.4. The van der Waals surface area contributed by atoms with Crippen molar-refractivity contribution in [1.82, 2.24) is 0 Å². The van der Waals surface area contributed by atoms with Crippen LogP contribution in [0.5, 0.6) is 5.75 Å². The molecule has 3 rings (SSSR count). The number of hydrogen-bond acceptors (Lipinski definition) is 15. The summed E-state index contributed by atoms with van der Waals surface area (Å²) in [6, 6.07) is 7.87. The summed E-state index contributed by atoms with van der Waals surface area (Å²) in [5.74, 6) is -1.34. The van der Waals surface area contributed by atoms with E-state index in [2.05, 4.69) is 23.8 Å². The van der Waals surface area contributed by atoms with Crippen LogP contribution in [0.3, 0.4) is 0 Å². The van der Waals surface area contributed by atoms with E-state index in [-0.39, 0.29) is 37.6 Å². The van der Waals surface area contributed by atoms with Gasteiger partial charge in [-0.3, -0.25) is 9.11 Å². The molecule has 0 amide bonds. The molecule has 0 radical (unpaired) electrons. The fourth-order valence-corrected chi connectivity index (χ4v) is 5.59. The third-order valence-electron chi connectivity index (χ3n) is 4.66. The van der Waals surface area contributed by atoms with Crippen LogP contribution in [0.15, 0.2) is 67.4 Å². The summed E-state index contributed by atoms with van der Waals surface area (Å²) < 4.78 is 94.9. The number of nitrogen functional groups attached to an aromatic ring is 1. The van der Waals surface area contributed by atoms with Gasteiger partial charge in [-0.1, -0.05) is 5.04 Å². The number of rotatable bonds is 11. The number of azo groups is 1. The second kappa shape index (κ2) is 11.4. The van der Waals surface area contributed by atoms with Gasteiger partial charge >= 0.3 is 10.4 Å². The van der Waals surface area contributed by atoms with Crippen LogP contribution in [0, 0.1) is 0 Å². The number of nitrogens with zero attached hydrogens (tertiary/aromatic N) is 2. The number of anilines is 1. The van der Waals surface area contributed by atoms with Crippen LogP contribution < -0.4 is 5.73 Å². The van der Waals surface area contributed by atoms with Gasteiger partial charge < -0.3 is 10.8 Å². The Bertz CT molecular complexity index is 1710. The van der Waals surface area contributed by atoms with Crippen LogP contribution in [0.25, 0.3) is 10.8 Å².